The van der Waals surface area contributed by atoms with E-state index in [0.29, 0.717) is 0 Å². The maximum Gasteiger partial charge on any atom is 0.258 e. The van der Waals surface area contributed by atoms with Crippen molar-refractivity contribution >= 4 is 23.2 Å². The average Bonchev–Trinajstić information content (AvgIpc) is 2.35. The number of hydrogen-bond acceptors (Lipinski definition) is 2. The Morgan fingerprint density at radius 3 is 2.72 bits per heavy atom. The summed E-state index contributed by atoms with van der Waals surface area (Å²) in [5, 5.41) is 2.14. The lowest BCUT2D eigenvalue weighted by atomic mass is 10.2. The van der Waals surface area contributed by atoms with Crippen LogP contribution in [0.25, 0.3) is 0 Å². The highest BCUT2D eigenvalue weighted by Gasteiger charge is 2.14. The SMILES string of the molecule is O=C(Nc1ccccc1F)c1cc(F)cnc1Cl. The van der Waals surface area contributed by atoms with Crippen LogP contribution < -0.4 is 5.32 Å². The minimum absolute atomic E-state index is 0.0113. The molecule has 0 saturated carbocycles. The van der Waals surface area contributed by atoms with E-state index >= 15 is 0 Å². The molecule has 1 N–H and O–H groups in total. The average molecular weight is 269 g/mol. The molecule has 2 rings (SSSR count). The van der Waals surface area contributed by atoms with Gasteiger partial charge in [0.2, 0.25) is 0 Å². The van der Waals surface area contributed by atoms with Gasteiger partial charge in [-0.05, 0) is 18.2 Å². The first-order chi connectivity index (χ1) is 8.58. The van der Waals surface area contributed by atoms with Gasteiger partial charge in [0.05, 0.1) is 17.4 Å². The van der Waals surface area contributed by atoms with Gasteiger partial charge in [-0.25, -0.2) is 13.8 Å². The van der Waals surface area contributed by atoms with E-state index in [9.17, 15) is 13.6 Å². The summed E-state index contributed by atoms with van der Waals surface area (Å²) < 4.78 is 26.3. The molecule has 1 amide bonds. The number of aromatic nitrogens is 1. The van der Waals surface area contributed by atoms with E-state index in [-0.39, 0.29) is 16.4 Å². The molecule has 0 saturated heterocycles. The maximum atomic E-state index is 13.3. The molecule has 1 aromatic heterocycles. The Morgan fingerprint density at radius 1 is 1.28 bits per heavy atom. The fourth-order valence-electron chi connectivity index (χ4n) is 1.33. The van der Waals surface area contributed by atoms with Gasteiger partial charge < -0.3 is 5.32 Å². The number of nitrogens with one attached hydrogen (secondary N) is 1. The number of rotatable bonds is 2. The normalized spacial score (nSPS) is 10.2. The van der Waals surface area contributed by atoms with Crippen molar-refractivity contribution in [1.29, 1.82) is 0 Å². The van der Waals surface area contributed by atoms with Crippen molar-refractivity contribution in [1.82, 2.24) is 4.98 Å². The summed E-state index contributed by atoms with van der Waals surface area (Å²) in [7, 11) is 0. The van der Waals surface area contributed by atoms with Gasteiger partial charge in [0.15, 0.2) is 0 Å². The molecule has 0 atom stereocenters. The summed E-state index contributed by atoms with van der Waals surface area (Å²) in [5.74, 6) is -2.01. The van der Waals surface area contributed by atoms with E-state index in [1.165, 1.54) is 18.2 Å². The number of halogens is 3. The Kier molecular flexibility index (Phi) is 3.53. The quantitative estimate of drug-likeness (QED) is 0.850. The standard InChI is InChI=1S/C12H7ClF2N2O/c13-11-8(5-7(14)6-16-11)12(18)17-10-4-2-1-3-9(10)15/h1-6H,(H,17,18). The number of para-hydroxylation sites is 1. The Bertz CT molecular complexity index is 604. The summed E-state index contributed by atoms with van der Waals surface area (Å²) in [6, 6.07) is 6.56. The van der Waals surface area contributed by atoms with Crippen molar-refractivity contribution in [2.24, 2.45) is 0 Å². The minimum Gasteiger partial charge on any atom is -0.319 e. The van der Waals surface area contributed by atoms with Crippen LogP contribution in [-0.4, -0.2) is 10.9 Å². The highest BCUT2D eigenvalue weighted by Crippen LogP contribution is 2.18. The monoisotopic (exact) mass is 268 g/mol. The Morgan fingerprint density at radius 2 is 2.00 bits per heavy atom. The zero-order chi connectivity index (χ0) is 13.1. The lowest BCUT2D eigenvalue weighted by Crippen LogP contribution is -2.14. The molecule has 0 radical (unpaired) electrons. The van der Waals surface area contributed by atoms with Crippen molar-refractivity contribution in [3.63, 3.8) is 0 Å². The van der Waals surface area contributed by atoms with Crippen molar-refractivity contribution in [2.45, 2.75) is 0 Å². The number of carbonyl (C=O) groups is 1. The van der Waals surface area contributed by atoms with E-state index in [1.807, 2.05) is 0 Å². The summed E-state index contributed by atoms with van der Waals surface area (Å²) in [6.45, 7) is 0. The fraction of sp³-hybridized carbons (Fsp3) is 0. The molecule has 6 heteroatoms. The highest BCUT2D eigenvalue weighted by atomic mass is 35.5. The molecular weight excluding hydrogens is 262 g/mol. The summed E-state index contributed by atoms with van der Waals surface area (Å²) in [5.41, 5.74) is -0.164. The van der Waals surface area contributed by atoms with Gasteiger partial charge in [-0.2, -0.15) is 0 Å². The van der Waals surface area contributed by atoms with Crippen LogP contribution in [0.1, 0.15) is 10.4 Å². The molecule has 0 spiro atoms. The van der Waals surface area contributed by atoms with Crippen LogP contribution in [0.3, 0.4) is 0 Å². The molecule has 1 heterocycles. The van der Waals surface area contributed by atoms with E-state index in [1.54, 1.807) is 6.07 Å². The first kappa shape index (κ1) is 12.4. The predicted octanol–water partition coefficient (Wildman–Crippen LogP) is 3.27. The fourth-order valence-corrected chi connectivity index (χ4v) is 1.52. The summed E-state index contributed by atoms with van der Waals surface area (Å²) in [4.78, 5) is 15.3. The second-order valence-corrected chi connectivity index (χ2v) is 3.78. The predicted molar refractivity (Wildman–Crippen MR) is 63.6 cm³/mol. The lowest BCUT2D eigenvalue weighted by molar-refractivity contribution is 0.102. The number of benzene rings is 1. The van der Waals surface area contributed by atoms with Crippen LogP contribution in [-0.2, 0) is 0 Å². The van der Waals surface area contributed by atoms with Crippen LogP contribution >= 0.6 is 11.6 Å². The number of anilines is 1. The molecule has 1 aromatic carbocycles. The van der Waals surface area contributed by atoms with Gasteiger partial charge in [0, 0.05) is 0 Å². The molecule has 3 nitrogen and oxygen atoms in total. The van der Waals surface area contributed by atoms with Crippen molar-refractivity contribution in [3.05, 3.63) is 58.9 Å². The van der Waals surface area contributed by atoms with Crippen LogP contribution in [0.15, 0.2) is 36.5 Å². The van der Waals surface area contributed by atoms with E-state index in [4.69, 9.17) is 11.6 Å². The zero-order valence-electron chi connectivity index (χ0n) is 8.95. The lowest BCUT2D eigenvalue weighted by Gasteiger charge is -2.07. The first-order valence-corrected chi connectivity index (χ1v) is 5.32. The topological polar surface area (TPSA) is 42.0 Å². The van der Waals surface area contributed by atoms with Gasteiger partial charge in [-0.3, -0.25) is 4.79 Å². The molecule has 18 heavy (non-hydrogen) atoms. The molecule has 0 aliphatic heterocycles. The first-order valence-electron chi connectivity index (χ1n) is 4.95. The van der Waals surface area contributed by atoms with E-state index in [2.05, 4.69) is 10.3 Å². The zero-order valence-corrected chi connectivity index (χ0v) is 9.71. The van der Waals surface area contributed by atoms with Gasteiger partial charge >= 0.3 is 0 Å². The third kappa shape index (κ3) is 2.62. The van der Waals surface area contributed by atoms with Crippen LogP contribution in [0.5, 0.6) is 0 Å². The highest BCUT2D eigenvalue weighted by molar-refractivity contribution is 6.33. The Balaban J connectivity index is 2.28. The summed E-state index contributed by atoms with van der Waals surface area (Å²) in [6.07, 6.45) is 0.891. The third-order valence-electron chi connectivity index (χ3n) is 2.17. The second-order valence-electron chi connectivity index (χ2n) is 3.43. The summed E-state index contributed by atoms with van der Waals surface area (Å²) >= 11 is 5.66. The Labute approximate surface area is 106 Å². The molecular formula is C12H7ClF2N2O. The number of carbonyl (C=O) groups excluding carboxylic acids is 1. The third-order valence-corrected chi connectivity index (χ3v) is 2.47. The molecule has 0 aliphatic rings. The van der Waals surface area contributed by atoms with Crippen molar-refractivity contribution in [3.8, 4) is 0 Å². The van der Waals surface area contributed by atoms with Gasteiger partial charge in [-0.1, -0.05) is 23.7 Å². The number of hydrogen-bond donors (Lipinski definition) is 1. The molecule has 0 unspecified atom stereocenters. The van der Waals surface area contributed by atoms with Crippen LogP contribution in [0.2, 0.25) is 5.15 Å². The van der Waals surface area contributed by atoms with Crippen molar-refractivity contribution in [2.75, 3.05) is 5.32 Å². The molecule has 0 aliphatic carbocycles. The molecule has 0 bridgehead atoms. The largest absolute Gasteiger partial charge is 0.319 e. The van der Waals surface area contributed by atoms with E-state index < -0.39 is 17.5 Å². The number of amides is 1. The van der Waals surface area contributed by atoms with Gasteiger partial charge in [-0.15, -0.1) is 0 Å². The van der Waals surface area contributed by atoms with Gasteiger partial charge in [0.1, 0.15) is 16.8 Å². The number of pyridine rings is 1. The molecule has 0 fully saturated rings. The smallest absolute Gasteiger partial charge is 0.258 e. The molecule has 2 aromatic rings. The van der Waals surface area contributed by atoms with E-state index in [0.717, 1.165) is 12.3 Å². The maximum absolute atomic E-state index is 13.3. The molecule has 92 valence electrons. The van der Waals surface area contributed by atoms with Gasteiger partial charge in [0.25, 0.3) is 5.91 Å². The van der Waals surface area contributed by atoms with Crippen LogP contribution in [0.4, 0.5) is 14.5 Å². The second kappa shape index (κ2) is 5.10. The minimum atomic E-state index is -0.725. The number of nitrogens with zero attached hydrogens (tertiary/aromatic N) is 1. The van der Waals surface area contributed by atoms with Crippen molar-refractivity contribution < 1.29 is 13.6 Å². The van der Waals surface area contributed by atoms with Crippen LogP contribution in [0, 0.1) is 11.6 Å². The Hall–Kier alpha value is -2.01.